The first-order chi connectivity index (χ1) is 12.3. The van der Waals surface area contributed by atoms with Crippen molar-refractivity contribution >= 4 is 5.78 Å². The Bertz CT molecular complexity index is 598. The van der Waals surface area contributed by atoms with Gasteiger partial charge in [-0.15, -0.1) is 5.92 Å². The van der Waals surface area contributed by atoms with Crippen LogP contribution in [-0.4, -0.2) is 22.8 Å². The molecule has 0 aliphatic carbocycles. The lowest BCUT2D eigenvalue weighted by atomic mass is 9.86. The molecule has 2 saturated heterocycles. The van der Waals surface area contributed by atoms with Gasteiger partial charge in [0.25, 0.3) is 0 Å². The minimum atomic E-state index is 0.245. The van der Waals surface area contributed by atoms with Crippen molar-refractivity contribution in [3.63, 3.8) is 0 Å². The van der Waals surface area contributed by atoms with E-state index in [1.165, 1.54) is 37.7 Å². The largest absolute Gasteiger partial charge is 0.298 e. The molecular weight excluding hydrogens is 306 g/mol. The van der Waals surface area contributed by atoms with Gasteiger partial charge >= 0.3 is 0 Å². The molecule has 0 aromatic heterocycles. The van der Waals surface area contributed by atoms with E-state index in [1.54, 1.807) is 0 Å². The number of ketones is 1. The number of carbonyl (C=O) groups excluding carboxylic acids is 1. The fourth-order valence-electron chi connectivity index (χ4n) is 4.44. The molecular formula is C23H31NO. The number of rotatable bonds is 7. The van der Waals surface area contributed by atoms with E-state index in [0.29, 0.717) is 24.3 Å². The van der Waals surface area contributed by atoms with Crippen LogP contribution in [0.25, 0.3) is 0 Å². The Kier molecular flexibility index (Phi) is 6.70. The van der Waals surface area contributed by atoms with E-state index in [0.717, 1.165) is 25.8 Å². The van der Waals surface area contributed by atoms with Crippen molar-refractivity contribution in [1.29, 1.82) is 0 Å². The van der Waals surface area contributed by atoms with Crippen molar-refractivity contribution in [1.82, 2.24) is 4.90 Å². The van der Waals surface area contributed by atoms with Crippen molar-refractivity contribution in [2.75, 3.05) is 0 Å². The summed E-state index contributed by atoms with van der Waals surface area (Å²) in [5.74, 6) is 6.95. The van der Waals surface area contributed by atoms with E-state index in [-0.39, 0.29) is 5.92 Å². The first-order valence-corrected chi connectivity index (χ1v) is 10.1. The SMILES string of the molecule is CCCCCC#CCC(=O)C1CC2CCC(C1)N2Cc1ccccc1. The average molecular weight is 338 g/mol. The molecule has 2 aliphatic heterocycles. The van der Waals surface area contributed by atoms with E-state index in [4.69, 9.17) is 0 Å². The second-order valence-electron chi connectivity index (χ2n) is 7.67. The Labute approximate surface area is 153 Å². The molecule has 0 radical (unpaired) electrons. The van der Waals surface area contributed by atoms with E-state index >= 15 is 0 Å². The van der Waals surface area contributed by atoms with Crippen LogP contribution in [0.2, 0.25) is 0 Å². The number of fused-ring (bicyclic) bond motifs is 2. The van der Waals surface area contributed by atoms with Gasteiger partial charge in [0.2, 0.25) is 0 Å². The molecule has 0 saturated carbocycles. The van der Waals surface area contributed by atoms with Crippen molar-refractivity contribution < 1.29 is 4.79 Å². The van der Waals surface area contributed by atoms with E-state index < -0.39 is 0 Å². The third kappa shape index (κ3) is 4.95. The summed E-state index contributed by atoms with van der Waals surface area (Å²) in [5.41, 5.74) is 1.39. The number of piperidine rings is 1. The van der Waals surface area contributed by atoms with Gasteiger partial charge in [0.1, 0.15) is 5.78 Å². The van der Waals surface area contributed by atoms with Crippen molar-refractivity contribution in [3.8, 4) is 11.8 Å². The van der Waals surface area contributed by atoms with Crippen molar-refractivity contribution in [2.24, 2.45) is 5.92 Å². The first-order valence-electron chi connectivity index (χ1n) is 10.1. The summed E-state index contributed by atoms with van der Waals surface area (Å²) in [6.07, 6.45) is 9.64. The van der Waals surface area contributed by atoms with Gasteiger partial charge in [-0.05, 0) is 37.7 Å². The predicted octanol–water partition coefficient (Wildman–Crippen LogP) is 4.97. The highest BCUT2D eigenvalue weighted by molar-refractivity contribution is 5.83. The van der Waals surface area contributed by atoms with Crippen LogP contribution >= 0.6 is 0 Å². The molecule has 2 aliphatic rings. The van der Waals surface area contributed by atoms with E-state index in [2.05, 4.69) is 54.0 Å². The van der Waals surface area contributed by atoms with E-state index in [1.807, 2.05) is 0 Å². The molecule has 1 aromatic rings. The maximum atomic E-state index is 12.5. The number of nitrogens with zero attached hydrogens (tertiary/aromatic N) is 1. The molecule has 1 aromatic carbocycles. The highest BCUT2D eigenvalue weighted by atomic mass is 16.1. The molecule has 25 heavy (non-hydrogen) atoms. The molecule has 3 rings (SSSR count). The second-order valence-corrected chi connectivity index (χ2v) is 7.67. The van der Waals surface area contributed by atoms with Gasteiger partial charge in [0.05, 0.1) is 6.42 Å². The zero-order chi connectivity index (χ0) is 17.5. The van der Waals surface area contributed by atoms with Gasteiger partial charge in [-0.2, -0.15) is 0 Å². The van der Waals surface area contributed by atoms with Crippen LogP contribution < -0.4 is 0 Å². The minimum absolute atomic E-state index is 0.245. The van der Waals surface area contributed by atoms with Crippen molar-refractivity contribution in [2.45, 2.75) is 83.3 Å². The zero-order valence-corrected chi connectivity index (χ0v) is 15.5. The van der Waals surface area contributed by atoms with E-state index in [9.17, 15) is 4.79 Å². The number of hydrogen-bond donors (Lipinski definition) is 0. The summed E-state index contributed by atoms with van der Waals surface area (Å²) in [7, 11) is 0. The first kappa shape index (κ1) is 18.2. The average Bonchev–Trinajstić information content (AvgIpc) is 2.86. The van der Waals surface area contributed by atoms with Gasteiger partial charge in [0.15, 0.2) is 0 Å². The highest BCUT2D eigenvalue weighted by Gasteiger charge is 2.42. The van der Waals surface area contributed by atoms with Crippen LogP contribution in [0.15, 0.2) is 30.3 Å². The van der Waals surface area contributed by atoms with Gasteiger partial charge in [-0.25, -0.2) is 0 Å². The van der Waals surface area contributed by atoms with Gasteiger partial charge in [-0.3, -0.25) is 9.69 Å². The Morgan fingerprint density at radius 3 is 2.48 bits per heavy atom. The van der Waals surface area contributed by atoms with Gasteiger partial charge in [-0.1, -0.05) is 56.0 Å². The zero-order valence-electron chi connectivity index (χ0n) is 15.5. The highest BCUT2D eigenvalue weighted by Crippen LogP contribution is 2.40. The quantitative estimate of drug-likeness (QED) is 0.517. The maximum Gasteiger partial charge on any atom is 0.147 e. The summed E-state index contributed by atoms with van der Waals surface area (Å²) < 4.78 is 0. The molecule has 2 bridgehead atoms. The molecule has 2 heteroatoms. The topological polar surface area (TPSA) is 20.3 Å². The lowest BCUT2D eigenvalue weighted by Crippen LogP contribution is -2.44. The number of carbonyl (C=O) groups is 1. The minimum Gasteiger partial charge on any atom is -0.298 e. The number of unbranched alkanes of at least 4 members (excludes halogenated alkanes) is 3. The summed E-state index contributed by atoms with van der Waals surface area (Å²) in [6, 6.07) is 11.9. The summed E-state index contributed by atoms with van der Waals surface area (Å²) in [4.78, 5) is 15.2. The number of hydrogen-bond acceptors (Lipinski definition) is 2. The van der Waals surface area contributed by atoms with Gasteiger partial charge < -0.3 is 0 Å². The van der Waals surface area contributed by atoms with Crippen LogP contribution in [-0.2, 0) is 11.3 Å². The second kappa shape index (κ2) is 9.20. The molecule has 0 N–H and O–H groups in total. The Balaban J connectivity index is 1.49. The normalized spacial score (nSPS) is 25.4. The number of benzene rings is 1. The van der Waals surface area contributed by atoms with Crippen molar-refractivity contribution in [3.05, 3.63) is 35.9 Å². The standard InChI is InChI=1S/C23H31NO/c1-2-3-4-5-6-10-13-23(25)20-16-21-14-15-22(17-20)24(21)18-19-11-8-7-9-12-19/h7-9,11-12,20-22H,2-5,13-18H2,1H3. The monoisotopic (exact) mass is 337 g/mol. The third-order valence-electron chi connectivity index (χ3n) is 5.84. The van der Waals surface area contributed by atoms with Crippen LogP contribution in [0, 0.1) is 17.8 Å². The fourth-order valence-corrected chi connectivity index (χ4v) is 4.44. The summed E-state index contributed by atoms with van der Waals surface area (Å²) >= 11 is 0. The summed E-state index contributed by atoms with van der Waals surface area (Å²) in [5, 5.41) is 0. The number of Topliss-reactive ketones (excluding diaryl/α,β-unsaturated/α-hetero) is 1. The Morgan fingerprint density at radius 1 is 1.08 bits per heavy atom. The van der Waals surface area contributed by atoms with Crippen LogP contribution in [0.4, 0.5) is 0 Å². The Morgan fingerprint density at radius 2 is 1.80 bits per heavy atom. The molecule has 2 fully saturated rings. The lowest BCUT2D eigenvalue weighted by Gasteiger charge is -2.38. The van der Waals surface area contributed by atoms with Crippen LogP contribution in [0.5, 0.6) is 0 Å². The molecule has 2 atom stereocenters. The molecule has 134 valence electrons. The fraction of sp³-hybridized carbons (Fsp3) is 0.609. The Hall–Kier alpha value is -1.59. The lowest BCUT2D eigenvalue weighted by molar-refractivity contribution is -0.124. The molecule has 2 nitrogen and oxygen atoms in total. The van der Waals surface area contributed by atoms with Crippen LogP contribution in [0.1, 0.15) is 70.3 Å². The predicted molar refractivity (Wildman–Crippen MR) is 103 cm³/mol. The molecule has 2 unspecified atom stereocenters. The maximum absolute atomic E-state index is 12.5. The van der Waals surface area contributed by atoms with Gasteiger partial charge in [0, 0.05) is 31.0 Å². The molecule has 2 heterocycles. The smallest absolute Gasteiger partial charge is 0.147 e. The van der Waals surface area contributed by atoms with Crippen LogP contribution in [0.3, 0.4) is 0 Å². The summed E-state index contributed by atoms with van der Waals surface area (Å²) in [6.45, 7) is 3.24. The molecule has 0 amide bonds. The third-order valence-corrected chi connectivity index (χ3v) is 5.84. The molecule has 0 spiro atoms.